The molecule has 21 heavy (non-hydrogen) atoms. The summed E-state index contributed by atoms with van der Waals surface area (Å²) in [5.41, 5.74) is 0.00366. The van der Waals surface area contributed by atoms with Gasteiger partial charge in [-0.3, -0.25) is 9.59 Å². The van der Waals surface area contributed by atoms with E-state index in [1.54, 1.807) is 19.9 Å². The van der Waals surface area contributed by atoms with Crippen LogP contribution in [0.25, 0.3) is 0 Å². The molecule has 0 fully saturated rings. The zero-order valence-corrected chi connectivity index (χ0v) is 11.9. The third kappa shape index (κ3) is 5.02. The van der Waals surface area contributed by atoms with Gasteiger partial charge in [-0.05, 0) is 26.0 Å². The number of carbonyl (C=O) groups excluding carboxylic acids is 2. The second-order valence-corrected chi connectivity index (χ2v) is 4.15. The van der Waals surface area contributed by atoms with Crippen molar-refractivity contribution >= 4 is 11.8 Å². The molecular formula is C14H18F2N2O3. The van der Waals surface area contributed by atoms with Gasteiger partial charge >= 0.3 is 6.61 Å². The molecule has 0 aliphatic heterocycles. The van der Waals surface area contributed by atoms with Gasteiger partial charge < -0.3 is 15.0 Å². The molecule has 1 N–H and O–H groups in total. The van der Waals surface area contributed by atoms with Crippen molar-refractivity contribution in [2.45, 2.75) is 20.5 Å². The fourth-order valence-corrected chi connectivity index (χ4v) is 1.77. The van der Waals surface area contributed by atoms with Gasteiger partial charge in [0.05, 0.1) is 12.1 Å². The summed E-state index contributed by atoms with van der Waals surface area (Å²) in [6, 6.07) is 5.72. The Kier molecular flexibility index (Phi) is 6.58. The minimum atomic E-state index is -3.02. The number of amides is 2. The molecule has 0 aliphatic rings. The van der Waals surface area contributed by atoms with Crippen LogP contribution in [-0.4, -0.2) is 43.0 Å². The van der Waals surface area contributed by atoms with Crippen LogP contribution in [0.2, 0.25) is 0 Å². The van der Waals surface area contributed by atoms with Crippen LogP contribution >= 0.6 is 0 Å². The molecule has 0 saturated carbocycles. The number of likely N-dealkylation sites (N-methyl/N-ethyl adjacent to an activating group) is 2. The molecule has 0 spiro atoms. The second-order valence-electron chi connectivity index (χ2n) is 4.15. The Morgan fingerprint density at radius 3 is 2.52 bits per heavy atom. The Morgan fingerprint density at radius 2 is 1.95 bits per heavy atom. The number of benzene rings is 1. The highest BCUT2D eigenvalue weighted by atomic mass is 19.3. The molecule has 0 heterocycles. The summed E-state index contributed by atoms with van der Waals surface area (Å²) >= 11 is 0. The first-order chi connectivity index (χ1) is 9.99. The lowest BCUT2D eigenvalue weighted by Crippen LogP contribution is -2.40. The van der Waals surface area contributed by atoms with E-state index in [-0.39, 0.29) is 30.3 Å². The van der Waals surface area contributed by atoms with Gasteiger partial charge in [0.2, 0.25) is 5.91 Å². The Balaban J connectivity index is 2.92. The average molecular weight is 300 g/mol. The first-order valence-corrected chi connectivity index (χ1v) is 6.59. The van der Waals surface area contributed by atoms with Crippen LogP contribution in [0.5, 0.6) is 5.75 Å². The van der Waals surface area contributed by atoms with Crippen LogP contribution in [0, 0.1) is 0 Å². The summed E-state index contributed by atoms with van der Waals surface area (Å²) in [5.74, 6) is -1.04. The number of alkyl halides is 2. The quantitative estimate of drug-likeness (QED) is 0.836. The fourth-order valence-electron chi connectivity index (χ4n) is 1.77. The van der Waals surface area contributed by atoms with E-state index in [0.29, 0.717) is 6.54 Å². The summed E-state index contributed by atoms with van der Waals surface area (Å²) in [4.78, 5) is 25.2. The molecule has 0 bridgehead atoms. The molecular weight excluding hydrogens is 282 g/mol. The third-order valence-corrected chi connectivity index (χ3v) is 2.71. The Morgan fingerprint density at radius 1 is 1.29 bits per heavy atom. The van der Waals surface area contributed by atoms with Gasteiger partial charge in [0.15, 0.2) is 0 Å². The number of rotatable bonds is 7. The molecule has 0 radical (unpaired) electrons. The Bertz CT molecular complexity index is 495. The van der Waals surface area contributed by atoms with E-state index in [1.165, 1.54) is 23.1 Å². The van der Waals surface area contributed by atoms with Crippen molar-refractivity contribution in [2.75, 3.05) is 19.6 Å². The number of ether oxygens (including phenoxy) is 1. The van der Waals surface area contributed by atoms with Crippen LogP contribution in [-0.2, 0) is 4.79 Å². The van der Waals surface area contributed by atoms with E-state index in [9.17, 15) is 18.4 Å². The van der Waals surface area contributed by atoms with Crippen molar-refractivity contribution in [3.8, 4) is 5.75 Å². The minimum absolute atomic E-state index is 0.00366. The van der Waals surface area contributed by atoms with Gasteiger partial charge in [-0.25, -0.2) is 0 Å². The number of nitrogens with zero attached hydrogens (tertiary/aromatic N) is 1. The molecule has 0 aromatic heterocycles. The van der Waals surface area contributed by atoms with Gasteiger partial charge in [0.1, 0.15) is 5.75 Å². The highest BCUT2D eigenvalue weighted by Crippen LogP contribution is 2.21. The molecule has 7 heteroatoms. The van der Waals surface area contributed by atoms with Crippen LogP contribution in [0.1, 0.15) is 24.2 Å². The minimum Gasteiger partial charge on any atom is -0.434 e. The van der Waals surface area contributed by atoms with Crippen LogP contribution in [0.3, 0.4) is 0 Å². The van der Waals surface area contributed by atoms with Crippen molar-refractivity contribution in [1.29, 1.82) is 0 Å². The van der Waals surface area contributed by atoms with E-state index < -0.39 is 12.5 Å². The summed E-state index contributed by atoms with van der Waals surface area (Å²) in [7, 11) is 0. The number of nitrogens with one attached hydrogen (secondary N) is 1. The predicted octanol–water partition coefficient (Wildman–Crippen LogP) is 1.89. The standard InChI is InChI=1S/C14H18F2N2O3/c1-3-17-12(19)9-18(4-2)13(20)10-7-5-6-8-11(10)21-14(15)16/h5-8,14H,3-4,9H2,1-2H3,(H,17,19). The van der Waals surface area contributed by atoms with Gasteiger partial charge in [-0.15, -0.1) is 0 Å². The second kappa shape index (κ2) is 8.18. The summed E-state index contributed by atoms with van der Waals surface area (Å²) < 4.78 is 29.0. The van der Waals surface area contributed by atoms with Crippen molar-refractivity contribution in [3.05, 3.63) is 29.8 Å². The maximum atomic E-state index is 12.3. The highest BCUT2D eigenvalue weighted by Gasteiger charge is 2.21. The van der Waals surface area contributed by atoms with Crippen molar-refractivity contribution in [1.82, 2.24) is 10.2 Å². The molecule has 5 nitrogen and oxygen atoms in total. The van der Waals surface area contributed by atoms with E-state index in [2.05, 4.69) is 10.1 Å². The summed E-state index contributed by atoms with van der Waals surface area (Å²) in [6.07, 6.45) is 0. The maximum absolute atomic E-state index is 12.3. The first-order valence-electron chi connectivity index (χ1n) is 6.59. The number of halogens is 2. The van der Waals surface area contributed by atoms with E-state index in [4.69, 9.17) is 0 Å². The van der Waals surface area contributed by atoms with Crippen LogP contribution < -0.4 is 10.1 Å². The van der Waals surface area contributed by atoms with Gasteiger partial charge in [0, 0.05) is 13.1 Å². The molecule has 116 valence electrons. The van der Waals surface area contributed by atoms with Gasteiger partial charge in [0.25, 0.3) is 5.91 Å². The summed E-state index contributed by atoms with van der Waals surface area (Å²) in [6.45, 7) is 1.05. The predicted molar refractivity (Wildman–Crippen MR) is 73.3 cm³/mol. The average Bonchev–Trinajstić information content (AvgIpc) is 2.44. The molecule has 0 atom stereocenters. The third-order valence-electron chi connectivity index (χ3n) is 2.71. The molecule has 0 unspecified atom stereocenters. The molecule has 1 aromatic carbocycles. The van der Waals surface area contributed by atoms with Gasteiger partial charge in [-0.1, -0.05) is 12.1 Å². The number of para-hydroxylation sites is 1. The molecule has 0 saturated heterocycles. The Labute approximate surface area is 121 Å². The monoisotopic (exact) mass is 300 g/mol. The SMILES string of the molecule is CCNC(=O)CN(CC)C(=O)c1ccccc1OC(F)F. The smallest absolute Gasteiger partial charge is 0.387 e. The van der Waals surface area contributed by atoms with Crippen molar-refractivity contribution in [3.63, 3.8) is 0 Å². The van der Waals surface area contributed by atoms with E-state index in [0.717, 1.165) is 0 Å². The Hall–Kier alpha value is -2.18. The number of hydrogen-bond acceptors (Lipinski definition) is 3. The lowest BCUT2D eigenvalue weighted by Gasteiger charge is -2.21. The summed E-state index contributed by atoms with van der Waals surface area (Å²) in [5, 5.41) is 2.58. The highest BCUT2D eigenvalue weighted by molar-refractivity contribution is 5.98. The van der Waals surface area contributed by atoms with Gasteiger partial charge in [-0.2, -0.15) is 8.78 Å². The largest absolute Gasteiger partial charge is 0.434 e. The molecule has 1 aromatic rings. The normalized spacial score (nSPS) is 10.3. The van der Waals surface area contributed by atoms with Crippen molar-refractivity contribution in [2.24, 2.45) is 0 Å². The van der Waals surface area contributed by atoms with E-state index in [1.807, 2.05) is 0 Å². The zero-order valence-electron chi connectivity index (χ0n) is 11.9. The zero-order chi connectivity index (χ0) is 15.8. The maximum Gasteiger partial charge on any atom is 0.387 e. The molecule has 1 rings (SSSR count). The lowest BCUT2D eigenvalue weighted by atomic mass is 10.1. The lowest BCUT2D eigenvalue weighted by molar-refractivity contribution is -0.121. The number of carbonyl (C=O) groups is 2. The van der Waals surface area contributed by atoms with Crippen LogP contribution in [0.4, 0.5) is 8.78 Å². The number of hydrogen-bond donors (Lipinski definition) is 1. The first kappa shape index (κ1) is 16.9. The van der Waals surface area contributed by atoms with Crippen LogP contribution in [0.15, 0.2) is 24.3 Å². The van der Waals surface area contributed by atoms with Crippen molar-refractivity contribution < 1.29 is 23.1 Å². The molecule has 2 amide bonds. The topological polar surface area (TPSA) is 58.6 Å². The fraction of sp³-hybridized carbons (Fsp3) is 0.429. The molecule has 0 aliphatic carbocycles. The van der Waals surface area contributed by atoms with E-state index >= 15 is 0 Å².